The zero-order valence-electron chi connectivity index (χ0n) is 10.8. The lowest BCUT2D eigenvalue weighted by molar-refractivity contribution is -0.137. The average Bonchev–Trinajstić information content (AvgIpc) is 3.15. The molecule has 0 radical (unpaired) electrons. The molecule has 0 bridgehead atoms. The van der Waals surface area contributed by atoms with E-state index in [9.17, 15) is 9.59 Å². The minimum absolute atomic E-state index is 0.0359. The van der Waals surface area contributed by atoms with Crippen molar-refractivity contribution in [1.29, 1.82) is 0 Å². The third-order valence-electron chi connectivity index (χ3n) is 3.49. The van der Waals surface area contributed by atoms with Crippen LogP contribution in [0.15, 0.2) is 30.3 Å². The summed E-state index contributed by atoms with van der Waals surface area (Å²) in [6, 6.07) is 10.3. The van der Waals surface area contributed by atoms with Crippen molar-refractivity contribution in [3.63, 3.8) is 0 Å². The van der Waals surface area contributed by atoms with Crippen molar-refractivity contribution in [3.8, 4) is 0 Å². The van der Waals surface area contributed by atoms with Crippen molar-refractivity contribution in [2.75, 3.05) is 6.54 Å². The quantitative estimate of drug-likeness (QED) is 0.739. The second-order valence-corrected chi connectivity index (χ2v) is 5.06. The average molecular weight is 261 g/mol. The van der Waals surface area contributed by atoms with Crippen LogP contribution in [0.2, 0.25) is 0 Å². The fourth-order valence-corrected chi connectivity index (χ4v) is 2.36. The van der Waals surface area contributed by atoms with Gasteiger partial charge in [0.1, 0.15) is 0 Å². The minimum atomic E-state index is -0.819. The predicted octanol–water partition coefficient (Wildman–Crippen LogP) is 2.16. The zero-order valence-corrected chi connectivity index (χ0v) is 10.8. The van der Waals surface area contributed by atoms with Crippen LogP contribution < -0.4 is 5.32 Å². The highest BCUT2D eigenvalue weighted by Crippen LogP contribution is 2.49. The molecule has 2 N–H and O–H groups in total. The molecule has 2 atom stereocenters. The minimum Gasteiger partial charge on any atom is -0.481 e. The lowest BCUT2D eigenvalue weighted by Gasteiger charge is -2.04. The van der Waals surface area contributed by atoms with Gasteiger partial charge in [0, 0.05) is 19.4 Å². The first-order chi connectivity index (χ1) is 9.16. The number of rotatable bonds is 7. The Bertz CT molecular complexity index is 444. The van der Waals surface area contributed by atoms with E-state index in [1.165, 1.54) is 5.56 Å². The number of carboxylic acids is 1. The summed E-state index contributed by atoms with van der Waals surface area (Å²) in [5, 5.41) is 11.3. The van der Waals surface area contributed by atoms with Gasteiger partial charge < -0.3 is 10.4 Å². The summed E-state index contributed by atoms with van der Waals surface area (Å²) >= 11 is 0. The fourth-order valence-electron chi connectivity index (χ4n) is 2.36. The highest BCUT2D eigenvalue weighted by molar-refractivity contribution is 5.76. The van der Waals surface area contributed by atoms with Crippen LogP contribution in [-0.4, -0.2) is 23.5 Å². The van der Waals surface area contributed by atoms with Crippen molar-refractivity contribution in [2.24, 2.45) is 5.92 Å². The van der Waals surface area contributed by atoms with Crippen LogP contribution in [0.1, 0.15) is 37.2 Å². The van der Waals surface area contributed by atoms with Crippen molar-refractivity contribution in [2.45, 2.75) is 31.6 Å². The van der Waals surface area contributed by atoms with Gasteiger partial charge in [-0.25, -0.2) is 0 Å². The SMILES string of the molecule is O=C(O)CCCNC(=O)C[C@@H]1C[C@H]1c1ccccc1. The van der Waals surface area contributed by atoms with Gasteiger partial charge in [-0.1, -0.05) is 30.3 Å². The van der Waals surface area contributed by atoms with Crippen LogP contribution >= 0.6 is 0 Å². The molecule has 1 fully saturated rings. The molecule has 0 spiro atoms. The monoisotopic (exact) mass is 261 g/mol. The summed E-state index contributed by atoms with van der Waals surface area (Å²) in [7, 11) is 0. The van der Waals surface area contributed by atoms with Crippen molar-refractivity contribution >= 4 is 11.9 Å². The first kappa shape index (κ1) is 13.6. The molecule has 1 aromatic carbocycles. The van der Waals surface area contributed by atoms with E-state index in [0.29, 0.717) is 31.2 Å². The van der Waals surface area contributed by atoms with Gasteiger partial charge in [-0.3, -0.25) is 9.59 Å². The number of hydrogen-bond donors (Lipinski definition) is 2. The highest BCUT2D eigenvalue weighted by atomic mass is 16.4. The molecule has 0 aliphatic heterocycles. The zero-order chi connectivity index (χ0) is 13.7. The molecule has 1 aliphatic carbocycles. The van der Waals surface area contributed by atoms with Gasteiger partial charge >= 0.3 is 5.97 Å². The summed E-state index contributed by atoms with van der Waals surface area (Å²) in [6.45, 7) is 0.452. The highest BCUT2D eigenvalue weighted by Gasteiger charge is 2.39. The Hall–Kier alpha value is -1.84. The first-order valence-corrected chi connectivity index (χ1v) is 6.70. The van der Waals surface area contributed by atoms with Crippen LogP contribution in [0.5, 0.6) is 0 Å². The molecule has 0 saturated heterocycles. The number of amides is 1. The molecule has 19 heavy (non-hydrogen) atoms. The van der Waals surface area contributed by atoms with Crippen molar-refractivity contribution < 1.29 is 14.7 Å². The van der Waals surface area contributed by atoms with E-state index in [-0.39, 0.29) is 12.3 Å². The molecule has 1 aliphatic rings. The molecule has 4 nitrogen and oxygen atoms in total. The lowest BCUT2D eigenvalue weighted by Crippen LogP contribution is -2.25. The van der Waals surface area contributed by atoms with Gasteiger partial charge in [0.2, 0.25) is 5.91 Å². The van der Waals surface area contributed by atoms with Crippen LogP contribution in [0, 0.1) is 5.92 Å². The second-order valence-electron chi connectivity index (χ2n) is 5.06. The summed E-state index contributed by atoms with van der Waals surface area (Å²) in [5.41, 5.74) is 1.31. The first-order valence-electron chi connectivity index (χ1n) is 6.70. The number of carbonyl (C=O) groups excluding carboxylic acids is 1. The molecule has 2 rings (SSSR count). The summed E-state index contributed by atoms with van der Waals surface area (Å²) < 4.78 is 0. The second kappa shape index (κ2) is 6.36. The van der Waals surface area contributed by atoms with E-state index < -0.39 is 5.97 Å². The van der Waals surface area contributed by atoms with Crippen LogP contribution in [0.25, 0.3) is 0 Å². The normalized spacial score (nSPS) is 20.8. The molecule has 1 saturated carbocycles. The van der Waals surface area contributed by atoms with Gasteiger partial charge in [0.25, 0.3) is 0 Å². The predicted molar refractivity (Wildman–Crippen MR) is 71.8 cm³/mol. The number of benzene rings is 1. The molecule has 0 unspecified atom stereocenters. The summed E-state index contributed by atoms with van der Waals surface area (Å²) in [6.07, 6.45) is 2.23. The summed E-state index contributed by atoms with van der Waals surface area (Å²) in [4.78, 5) is 22.0. The maximum atomic E-state index is 11.7. The number of carbonyl (C=O) groups is 2. The van der Waals surface area contributed by atoms with E-state index in [2.05, 4.69) is 17.4 Å². The third kappa shape index (κ3) is 4.39. The number of carboxylic acid groups (broad SMARTS) is 1. The number of aliphatic carboxylic acids is 1. The topological polar surface area (TPSA) is 66.4 Å². The van der Waals surface area contributed by atoms with Crippen LogP contribution in [0.3, 0.4) is 0 Å². The largest absolute Gasteiger partial charge is 0.481 e. The Balaban J connectivity index is 1.64. The van der Waals surface area contributed by atoms with Gasteiger partial charge in [0.15, 0.2) is 0 Å². The van der Waals surface area contributed by atoms with E-state index >= 15 is 0 Å². The molecule has 1 amide bonds. The molecule has 0 aromatic heterocycles. The number of nitrogens with one attached hydrogen (secondary N) is 1. The smallest absolute Gasteiger partial charge is 0.303 e. The molecule has 1 aromatic rings. The van der Waals surface area contributed by atoms with Crippen LogP contribution in [-0.2, 0) is 9.59 Å². The van der Waals surface area contributed by atoms with E-state index in [0.717, 1.165) is 6.42 Å². The Labute approximate surface area is 112 Å². The van der Waals surface area contributed by atoms with Gasteiger partial charge in [-0.15, -0.1) is 0 Å². The Kier molecular flexibility index (Phi) is 4.55. The number of hydrogen-bond acceptors (Lipinski definition) is 2. The third-order valence-corrected chi connectivity index (χ3v) is 3.49. The van der Waals surface area contributed by atoms with E-state index in [1.54, 1.807) is 0 Å². The van der Waals surface area contributed by atoms with Crippen LogP contribution in [0.4, 0.5) is 0 Å². The summed E-state index contributed by atoms with van der Waals surface area (Å²) in [5.74, 6) is 0.183. The Morgan fingerprint density at radius 3 is 2.68 bits per heavy atom. The fraction of sp³-hybridized carbons (Fsp3) is 0.467. The van der Waals surface area contributed by atoms with Gasteiger partial charge in [-0.2, -0.15) is 0 Å². The standard InChI is InChI=1S/C15H19NO3/c17-14(16-8-4-7-15(18)19)10-12-9-13(12)11-5-2-1-3-6-11/h1-3,5-6,12-13H,4,7-10H2,(H,16,17)(H,18,19)/t12-,13-/m0/s1. The Morgan fingerprint density at radius 1 is 1.26 bits per heavy atom. The van der Waals surface area contributed by atoms with Crippen molar-refractivity contribution in [3.05, 3.63) is 35.9 Å². The maximum Gasteiger partial charge on any atom is 0.303 e. The van der Waals surface area contributed by atoms with Crippen molar-refractivity contribution in [1.82, 2.24) is 5.32 Å². The molecular weight excluding hydrogens is 242 g/mol. The van der Waals surface area contributed by atoms with Gasteiger partial charge in [0.05, 0.1) is 0 Å². The maximum absolute atomic E-state index is 11.7. The lowest BCUT2D eigenvalue weighted by atomic mass is 10.1. The van der Waals surface area contributed by atoms with Gasteiger partial charge in [-0.05, 0) is 30.2 Å². The molecule has 0 heterocycles. The molecular formula is C15H19NO3. The molecule has 4 heteroatoms. The van der Waals surface area contributed by atoms with E-state index in [4.69, 9.17) is 5.11 Å². The Morgan fingerprint density at radius 2 is 2.00 bits per heavy atom. The molecule has 102 valence electrons. The van der Waals surface area contributed by atoms with E-state index in [1.807, 2.05) is 18.2 Å².